The van der Waals surface area contributed by atoms with Crippen LogP contribution in [0, 0.1) is 0 Å². The first kappa shape index (κ1) is 14.9. The predicted molar refractivity (Wildman–Crippen MR) is 79.1 cm³/mol. The van der Waals surface area contributed by atoms with Gasteiger partial charge in [0, 0.05) is 19.8 Å². The molecule has 110 valence electrons. The van der Waals surface area contributed by atoms with Gasteiger partial charge in [0.2, 0.25) is 0 Å². The summed E-state index contributed by atoms with van der Waals surface area (Å²) in [7, 11) is 3.91. The van der Waals surface area contributed by atoms with E-state index >= 15 is 0 Å². The lowest BCUT2D eigenvalue weighted by Gasteiger charge is -2.21. The van der Waals surface area contributed by atoms with Gasteiger partial charge >= 0.3 is 5.97 Å². The van der Waals surface area contributed by atoms with Gasteiger partial charge in [0.05, 0.1) is 11.7 Å². The van der Waals surface area contributed by atoms with Gasteiger partial charge in [0.25, 0.3) is 0 Å². The van der Waals surface area contributed by atoms with E-state index < -0.39 is 6.10 Å². The first-order chi connectivity index (χ1) is 9.58. The number of hydrogen-bond donors (Lipinski definition) is 1. The SMILES string of the molecule is CN(C)c1ccc(C(=O)O[C@H]2CCCCC[C@H]2O)cc1. The second-order valence-electron chi connectivity index (χ2n) is 5.59. The van der Waals surface area contributed by atoms with Crippen LogP contribution in [0.15, 0.2) is 24.3 Å². The average Bonchev–Trinajstić information content (AvgIpc) is 2.64. The largest absolute Gasteiger partial charge is 0.456 e. The molecule has 0 bridgehead atoms. The van der Waals surface area contributed by atoms with E-state index in [1.807, 2.05) is 31.1 Å². The number of ether oxygens (including phenoxy) is 1. The van der Waals surface area contributed by atoms with Crippen molar-refractivity contribution in [1.82, 2.24) is 0 Å². The van der Waals surface area contributed by atoms with E-state index in [1.165, 1.54) is 0 Å². The van der Waals surface area contributed by atoms with Gasteiger partial charge in [-0.05, 0) is 43.5 Å². The van der Waals surface area contributed by atoms with Gasteiger partial charge in [-0.3, -0.25) is 0 Å². The quantitative estimate of drug-likeness (QED) is 0.681. The third-order valence-electron chi connectivity index (χ3n) is 3.80. The number of esters is 1. The van der Waals surface area contributed by atoms with Gasteiger partial charge in [-0.25, -0.2) is 4.79 Å². The van der Waals surface area contributed by atoms with Crippen molar-refractivity contribution in [2.24, 2.45) is 0 Å². The Balaban J connectivity index is 1.99. The van der Waals surface area contributed by atoms with E-state index in [-0.39, 0.29) is 12.1 Å². The van der Waals surface area contributed by atoms with Crippen LogP contribution in [0.1, 0.15) is 42.5 Å². The maximum atomic E-state index is 12.1. The highest BCUT2D eigenvalue weighted by Crippen LogP contribution is 2.22. The minimum absolute atomic E-state index is 0.346. The van der Waals surface area contributed by atoms with Crippen molar-refractivity contribution in [2.45, 2.75) is 44.3 Å². The van der Waals surface area contributed by atoms with Gasteiger partial charge in [-0.1, -0.05) is 12.8 Å². The number of aliphatic hydroxyl groups excluding tert-OH is 1. The molecule has 0 aromatic heterocycles. The lowest BCUT2D eigenvalue weighted by molar-refractivity contribution is -0.0206. The number of benzene rings is 1. The molecule has 4 nitrogen and oxygen atoms in total. The van der Waals surface area contributed by atoms with Crippen molar-refractivity contribution in [3.05, 3.63) is 29.8 Å². The Morgan fingerprint density at radius 2 is 1.80 bits per heavy atom. The summed E-state index contributed by atoms with van der Waals surface area (Å²) in [6.07, 6.45) is 3.70. The number of carbonyl (C=O) groups excluding carboxylic acids is 1. The Labute approximate surface area is 120 Å². The number of rotatable bonds is 3. The standard InChI is InChI=1S/C16H23NO3/c1-17(2)13-10-8-12(9-11-13)16(19)20-15-7-5-3-4-6-14(15)18/h8-11,14-15,18H,3-7H2,1-2H3/t14-,15+/m1/s1. The molecular weight excluding hydrogens is 254 g/mol. The molecule has 4 heteroatoms. The molecule has 1 aromatic carbocycles. The zero-order valence-corrected chi connectivity index (χ0v) is 12.2. The van der Waals surface area contributed by atoms with Crippen LogP contribution in [-0.4, -0.2) is 37.4 Å². The van der Waals surface area contributed by atoms with E-state index in [2.05, 4.69) is 0 Å². The molecule has 1 saturated carbocycles. The summed E-state index contributed by atoms with van der Waals surface area (Å²) in [5.74, 6) is -0.346. The third kappa shape index (κ3) is 3.73. The summed E-state index contributed by atoms with van der Waals surface area (Å²) in [4.78, 5) is 14.1. The van der Waals surface area contributed by atoms with Crippen LogP contribution in [-0.2, 0) is 4.74 Å². The molecule has 1 aliphatic carbocycles. The fraction of sp³-hybridized carbons (Fsp3) is 0.562. The third-order valence-corrected chi connectivity index (χ3v) is 3.80. The van der Waals surface area contributed by atoms with E-state index in [0.29, 0.717) is 5.56 Å². The Morgan fingerprint density at radius 1 is 1.15 bits per heavy atom. The Bertz CT molecular complexity index is 442. The Morgan fingerprint density at radius 3 is 2.45 bits per heavy atom. The minimum atomic E-state index is -0.525. The lowest BCUT2D eigenvalue weighted by Crippen LogP contribution is -2.30. The van der Waals surface area contributed by atoms with Crippen molar-refractivity contribution < 1.29 is 14.6 Å². The van der Waals surface area contributed by atoms with E-state index in [0.717, 1.165) is 37.8 Å². The first-order valence-electron chi connectivity index (χ1n) is 7.24. The lowest BCUT2D eigenvalue weighted by atomic mass is 10.1. The molecule has 1 aromatic rings. The average molecular weight is 277 g/mol. The van der Waals surface area contributed by atoms with Crippen LogP contribution in [0.4, 0.5) is 5.69 Å². The summed E-state index contributed by atoms with van der Waals surface area (Å²) in [6, 6.07) is 7.31. The zero-order valence-electron chi connectivity index (χ0n) is 12.2. The maximum absolute atomic E-state index is 12.1. The number of nitrogens with zero attached hydrogens (tertiary/aromatic N) is 1. The van der Waals surface area contributed by atoms with E-state index in [9.17, 15) is 9.90 Å². The molecule has 0 spiro atoms. The number of aliphatic hydroxyl groups is 1. The van der Waals surface area contributed by atoms with Crippen LogP contribution in [0.25, 0.3) is 0 Å². The van der Waals surface area contributed by atoms with Crippen LogP contribution in [0.2, 0.25) is 0 Å². The van der Waals surface area contributed by atoms with Gasteiger partial charge < -0.3 is 14.7 Å². The molecule has 0 aliphatic heterocycles. The second kappa shape index (κ2) is 6.75. The Kier molecular flexibility index (Phi) is 5.01. The highest BCUT2D eigenvalue weighted by atomic mass is 16.6. The molecule has 20 heavy (non-hydrogen) atoms. The molecule has 0 saturated heterocycles. The second-order valence-corrected chi connectivity index (χ2v) is 5.59. The summed E-state index contributed by atoms with van der Waals surface area (Å²) in [5, 5.41) is 9.98. The normalized spacial score (nSPS) is 22.9. The summed E-state index contributed by atoms with van der Waals surface area (Å²) in [5.41, 5.74) is 1.57. The van der Waals surface area contributed by atoms with Gasteiger partial charge in [0.15, 0.2) is 0 Å². The van der Waals surface area contributed by atoms with E-state index in [1.54, 1.807) is 12.1 Å². The van der Waals surface area contributed by atoms with Crippen molar-refractivity contribution in [3.63, 3.8) is 0 Å². The van der Waals surface area contributed by atoms with Crippen molar-refractivity contribution >= 4 is 11.7 Å². The topological polar surface area (TPSA) is 49.8 Å². The van der Waals surface area contributed by atoms with E-state index in [4.69, 9.17) is 4.74 Å². The molecule has 0 amide bonds. The van der Waals surface area contributed by atoms with Crippen LogP contribution < -0.4 is 4.90 Å². The fourth-order valence-corrected chi connectivity index (χ4v) is 2.49. The minimum Gasteiger partial charge on any atom is -0.456 e. The smallest absolute Gasteiger partial charge is 0.338 e. The maximum Gasteiger partial charge on any atom is 0.338 e. The highest BCUT2D eigenvalue weighted by molar-refractivity contribution is 5.90. The predicted octanol–water partition coefficient (Wildman–Crippen LogP) is 2.60. The molecule has 2 rings (SSSR count). The van der Waals surface area contributed by atoms with Gasteiger partial charge in [0.1, 0.15) is 6.10 Å². The molecule has 2 atom stereocenters. The summed E-state index contributed by atoms with van der Waals surface area (Å²) < 4.78 is 5.47. The van der Waals surface area contributed by atoms with Crippen LogP contribution >= 0.6 is 0 Å². The number of anilines is 1. The molecule has 1 N–H and O–H groups in total. The zero-order chi connectivity index (χ0) is 14.5. The number of carbonyl (C=O) groups is 1. The molecule has 0 unspecified atom stereocenters. The highest BCUT2D eigenvalue weighted by Gasteiger charge is 2.25. The number of hydrogen-bond acceptors (Lipinski definition) is 4. The summed E-state index contributed by atoms with van der Waals surface area (Å²) >= 11 is 0. The molecule has 1 aliphatic rings. The summed E-state index contributed by atoms with van der Waals surface area (Å²) in [6.45, 7) is 0. The molecule has 0 heterocycles. The fourth-order valence-electron chi connectivity index (χ4n) is 2.49. The van der Waals surface area contributed by atoms with Crippen LogP contribution in [0.3, 0.4) is 0 Å². The molecule has 1 fully saturated rings. The van der Waals surface area contributed by atoms with Crippen molar-refractivity contribution in [3.8, 4) is 0 Å². The Hall–Kier alpha value is -1.55. The van der Waals surface area contributed by atoms with Gasteiger partial charge in [-0.15, -0.1) is 0 Å². The van der Waals surface area contributed by atoms with Crippen molar-refractivity contribution in [1.29, 1.82) is 0 Å². The monoisotopic (exact) mass is 277 g/mol. The first-order valence-corrected chi connectivity index (χ1v) is 7.24. The van der Waals surface area contributed by atoms with Crippen LogP contribution in [0.5, 0.6) is 0 Å². The van der Waals surface area contributed by atoms with Crippen molar-refractivity contribution in [2.75, 3.05) is 19.0 Å². The molecule has 0 radical (unpaired) electrons. The molecular formula is C16H23NO3. The van der Waals surface area contributed by atoms with Gasteiger partial charge in [-0.2, -0.15) is 0 Å².